The van der Waals surface area contributed by atoms with E-state index < -0.39 is 16.0 Å². The number of carbonyl (C=O) groups excluding carboxylic acids is 1. The second kappa shape index (κ2) is 7.98. The number of carbonyl (C=O) groups is 1. The summed E-state index contributed by atoms with van der Waals surface area (Å²) >= 11 is 0. The lowest BCUT2D eigenvalue weighted by Gasteiger charge is -2.11. The Balaban J connectivity index is 2.39. The van der Waals surface area contributed by atoms with Gasteiger partial charge in [-0.3, -0.25) is 4.72 Å². The molecule has 0 heterocycles. The van der Waals surface area contributed by atoms with Crippen LogP contribution in [0.4, 0.5) is 0 Å². The molecule has 0 spiro atoms. The van der Waals surface area contributed by atoms with Gasteiger partial charge in [-0.05, 0) is 44.0 Å². The van der Waals surface area contributed by atoms with Crippen molar-refractivity contribution in [1.82, 2.24) is 4.72 Å². The molecule has 0 unspecified atom stereocenters. The highest BCUT2D eigenvalue weighted by Crippen LogP contribution is 2.20. The zero-order chi connectivity index (χ0) is 18.4. The van der Waals surface area contributed by atoms with E-state index in [2.05, 4.69) is 4.72 Å². The fourth-order valence-electron chi connectivity index (χ4n) is 2.25. The van der Waals surface area contributed by atoms with Gasteiger partial charge in [0, 0.05) is 6.20 Å². The van der Waals surface area contributed by atoms with Crippen LogP contribution in [0.15, 0.2) is 59.6 Å². The average Bonchev–Trinajstić information content (AvgIpc) is 2.57. The molecule has 0 saturated heterocycles. The molecule has 0 amide bonds. The quantitative estimate of drug-likeness (QED) is 0.635. The number of nitrogens with one attached hydrogen (secondary N) is 1. The number of esters is 1. The first-order valence-electron chi connectivity index (χ1n) is 7.87. The van der Waals surface area contributed by atoms with Crippen LogP contribution in [0, 0.1) is 13.8 Å². The summed E-state index contributed by atoms with van der Waals surface area (Å²) in [5, 5.41) is 0. The number of ether oxygens (including phenoxy) is 1. The van der Waals surface area contributed by atoms with Crippen molar-refractivity contribution < 1.29 is 17.9 Å². The van der Waals surface area contributed by atoms with Crippen molar-refractivity contribution in [1.29, 1.82) is 0 Å². The molecule has 2 aromatic rings. The molecule has 0 aliphatic carbocycles. The maximum atomic E-state index is 12.4. The van der Waals surface area contributed by atoms with Crippen LogP contribution in [0.3, 0.4) is 0 Å². The largest absolute Gasteiger partial charge is 0.462 e. The van der Waals surface area contributed by atoms with E-state index in [0.717, 1.165) is 11.1 Å². The molecule has 1 N–H and O–H groups in total. The molecule has 25 heavy (non-hydrogen) atoms. The first kappa shape index (κ1) is 18.7. The van der Waals surface area contributed by atoms with Crippen LogP contribution in [-0.2, 0) is 19.6 Å². The van der Waals surface area contributed by atoms with Crippen molar-refractivity contribution in [3.05, 3.63) is 71.4 Å². The highest BCUT2D eigenvalue weighted by molar-refractivity contribution is 7.89. The van der Waals surface area contributed by atoms with E-state index in [1.165, 1.54) is 18.3 Å². The molecule has 0 aliphatic rings. The monoisotopic (exact) mass is 359 g/mol. The summed E-state index contributed by atoms with van der Waals surface area (Å²) in [6.45, 7) is 5.62. The Hall–Kier alpha value is -2.60. The Morgan fingerprint density at radius 1 is 1.08 bits per heavy atom. The number of rotatable bonds is 6. The van der Waals surface area contributed by atoms with Gasteiger partial charge in [-0.15, -0.1) is 0 Å². The fraction of sp³-hybridized carbons (Fsp3) is 0.211. The lowest BCUT2D eigenvalue weighted by Crippen LogP contribution is -2.20. The molecule has 0 bridgehead atoms. The lowest BCUT2D eigenvalue weighted by molar-refractivity contribution is -0.136. The molecule has 0 fully saturated rings. The van der Waals surface area contributed by atoms with Gasteiger partial charge >= 0.3 is 5.97 Å². The predicted octanol–water partition coefficient (Wildman–Crippen LogP) is 3.19. The maximum Gasteiger partial charge on any atom is 0.340 e. The molecule has 132 valence electrons. The third kappa shape index (κ3) is 4.70. The van der Waals surface area contributed by atoms with E-state index >= 15 is 0 Å². The third-order valence-electron chi connectivity index (χ3n) is 3.62. The summed E-state index contributed by atoms with van der Waals surface area (Å²) in [6, 6.07) is 13.7. The standard InChI is InChI=1S/C19H21NO4S/c1-4-24-19(21)18(17-8-6-5-7-15(17)3)13-20-25(22,23)16-11-9-14(2)10-12-16/h5-13,20H,4H2,1-3H3/b18-13-. The van der Waals surface area contributed by atoms with Crippen molar-refractivity contribution in [3.63, 3.8) is 0 Å². The first-order valence-corrected chi connectivity index (χ1v) is 9.35. The van der Waals surface area contributed by atoms with E-state index in [9.17, 15) is 13.2 Å². The molecular weight excluding hydrogens is 338 g/mol. The number of aryl methyl sites for hydroxylation is 2. The average molecular weight is 359 g/mol. The van der Waals surface area contributed by atoms with Crippen molar-refractivity contribution in [2.75, 3.05) is 6.61 Å². The van der Waals surface area contributed by atoms with Gasteiger partial charge in [-0.25, -0.2) is 13.2 Å². The van der Waals surface area contributed by atoms with Crippen LogP contribution in [0.1, 0.15) is 23.6 Å². The topological polar surface area (TPSA) is 72.5 Å². The Morgan fingerprint density at radius 2 is 1.72 bits per heavy atom. The minimum atomic E-state index is -3.78. The summed E-state index contributed by atoms with van der Waals surface area (Å²) < 4.78 is 32.3. The number of benzene rings is 2. The number of sulfonamides is 1. The molecule has 2 rings (SSSR count). The number of hydrogen-bond acceptors (Lipinski definition) is 4. The van der Waals surface area contributed by atoms with E-state index in [1.807, 2.05) is 26.0 Å². The minimum Gasteiger partial charge on any atom is -0.462 e. The molecule has 0 radical (unpaired) electrons. The molecule has 0 saturated carbocycles. The molecule has 6 heteroatoms. The van der Waals surface area contributed by atoms with Crippen molar-refractivity contribution in [2.24, 2.45) is 0 Å². The Morgan fingerprint density at radius 3 is 2.32 bits per heavy atom. The molecule has 0 aromatic heterocycles. The number of hydrogen-bond donors (Lipinski definition) is 1. The van der Waals surface area contributed by atoms with Gasteiger partial charge in [0.2, 0.25) is 0 Å². The SMILES string of the molecule is CCOC(=O)/C(=C\NS(=O)(=O)c1ccc(C)cc1)c1ccccc1C. The highest BCUT2D eigenvalue weighted by atomic mass is 32.2. The molecular formula is C19H21NO4S. The highest BCUT2D eigenvalue weighted by Gasteiger charge is 2.18. The summed E-state index contributed by atoms with van der Waals surface area (Å²) in [5.41, 5.74) is 2.58. The van der Waals surface area contributed by atoms with Crippen molar-refractivity contribution in [3.8, 4) is 0 Å². The van der Waals surface area contributed by atoms with Gasteiger partial charge in [0.25, 0.3) is 10.0 Å². The van der Waals surface area contributed by atoms with Gasteiger partial charge in [-0.1, -0.05) is 42.0 Å². The van der Waals surface area contributed by atoms with Crippen LogP contribution < -0.4 is 4.72 Å². The lowest BCUT2D eigenvalue weighted by atomic mass is 10.0. The normalized spacial score (nSPS) is 11.9. The zero-order valence-corrected chi connectivity index (χ0v) is 15.3. The van der Waals surface area contributed by atoms with E-state index in [1.54, 1.807) is 31.2 Å². The van der Waals surface area contributed by atoms with Crippen molar-refractivity contribution in [2.45, 2.75) is 25.7 Å². The minimum absolute atomic E-state index is 0.127. The maximum absolute atomic E-state index is 12.4. The smallest absolute Gasteiger partial charge is 0.340 e. The van der Waals surface area contributed by atoms with E-state index in [4.69, 9.17) is 4.74 Å². The molecule has 0 atom stereocenters. The van der Waals surface area contributed by atoms with Crippen molar-refractivity contribution >= 4 is 21.6 Å². The second-order valence-corrected chi connectivity index (χ2v) is 7.24. The van der Waals surface area contributed by atoms with E-state index in [-0.39, 0.29) is 17.1 Å². The van der Waals surface area contributed by atoms with Crippen LogP contribution >= 0.6 is 0 Å². The summed E-state index contributed by atoms with van der Waals surface area (Å²) in [4.78, 5) is 12.4. The Kier molecular flexibility index (Phi) is 5.98. The summed E-state index contributed by atoms with van der Waals surface area (Å²) in [6.07, 6.45) is 1.19. The van der Waals surface area contributed by atoms with Gasteiger partial charge < -0.3 is 4.74 Å². The Labute approximate surface area is 148 Å². The third-order valence-corrected chi connectivity index (χ3v) is 4.94. The van der Waals surface area contributed by atoms with Crippen LogP contribution in [0.2, 0.25) is 0 Å². The Bertz CT molecular complexity index is 884. The van der Waals surface area contributed by atoms with Gasteiger partial charge in [-0.2, -0.15) is 0 Å². The van der Waals surface area contributed by atoms with Crippen LogP contribution in [0.5, 0.6) is 0 Å². The fourth-order valence-corrected chi connectivity index (χ4v) is 3.16. The molecule has 0 aliphatic heterocycles. The summed E-state index contributed by atoms with van der Waals surface area (Å²) in [7, 11) is -3.78. The molecule has 5 nitrogen and oxygen atoms in total. The molecule has 2 aromatic carbocycles. The second-order valence-electron chi connectivity index (χ2n) is 5.53. The van der Waals surface area contributed by atoms with Gasteiger partial charge in [0.15, 0.2) is 0 Å². The zero-order valence-electron chi connectivity index (χ0n) is 14.4. The first-order chi connectivity index (χ1) is 11.8. The van der Waals surface area contributed by atoms with Gasteiger partial charge in [0.05, 0.1) is 17.1 Å². The predicted molar refractivity (Wildman–Crippen MR) is 97.3 cm³/mol. The van der Waals surface area contributed by atoms with Crippen LogP contribution in [0.25, 0.3) is 5.57 Å². The van der Waals surface area contributed by atoms with Gasteiger partial charge in [0.1, 0.15) is 0 Å². The van der Waals surface area contributed by atoms with Crippen LogP contribution in [-0.4, -0.2) is 21.0 Å². The van der Waals surface area contributed by atoms with E-state index in [0.29, 0.717) is 5.56 Å². The summed E-state index contributed by atoms with van der Waals surface area (Å²) in [5.74, 6) is -0.580.